The van der Waals surface area contributed by atoms with E-state index in [1.54, 1.807) is 19.0 Å². The number of nitrogens with zero attached hydrogens (tertiary/aromatic N) is 2. The van der Waals surface area contributed by atoms with Crippen molar-refractivity contribution < 1.29 is 9.59 Å². The number of rotatable bonds is 6. The third kappa shape index (κ3) is 5.11. The van der Waals surface area contributed by atoms with Crippen molar-refractivity contribution in [1.82, 2.24) is 9.80 Å². The Morgan fingerprint density at radius 3 is 2.19 bits per heavy atom. The van der Waals surface area contributed by atoms with E-state index in [0.29, 0.717) is 19.5 Å². The molecule has 0 spiro atoms. The average Bonchev–Trinajstić information content (AvgIpc) is 2.24. The van der Waals surface area contributed by atoms with Crippen LogP contribution in [0.25, 0.3) is 0 Å². The lowest BCUT2D eigenvalue weighted by Crippen LogP contribution is -2.40. The Morgan fingerprint density at radius 1 is 1.25 bits per heavy atom. The molecule has 5 heteroatoms. The Kier molecular flexibility index (Phi) is 6.72. The van der Waals surface area contributed by atoms with E-state index in [2.05, 4.69) is 0 Å². The van der Waals surface area contributed by atoms with Crippen molar-refractivity contribution in [1.29, 1.82) is 0 Å². The number of hydrogen-bond donors (Lipinski definition) is 1. The van der Waals surface area contributed by atoms with Crippen LogP contribution in [-0.2, 0) is 9.59 Å². The van der Waals surface area contributed by atoms with Gasteiger partial charge in [-0.2, -0.15) is 0 Å². The molecule has 5 nitrogen and oxygen atoms in total. The third-order valence-electron chi connectivity index (χ3n) is 2.48. The maximum atomic E-state index is 11.8. The molecule has 1 atom stereocenters. The summed E-state index contributed by atoms with van der Waals surface area (Å²) in [7, 11) is 3.37. The summed E-state index contributed by atoms with van der Waals surface area (Å²) in [4.78, 5) is 26.3. The average molecular weight is 229 g/mol. The summed E-state index contributed by atoms with van der Waals surface area (Å²) >= 11 is 0. The minimum absolute atomic E-state index is 0.00403. The third-order valence-corrected chi connectivity index (χ3v) is 2.48. The van der Waals surface area contributed by atoms with E-state index < -0.39 is 0 Å². The van der Waals surface area contributed by atoms with Crippen LogP contribution in [0.15, 0.2) is 0 Å². The van der Waals surface area contributed by atoms with Crippen molar-refractivity contribution in [2.24, 2.45) is 11.7 Å². The number of carbonyl (C=O) groups is 2. The zero-order valence-corrected chi connectivity index (χ0v) is 10.7. The van der Waals surface area contributed by atoms with Crippen LogP contribution < -0.4 is 5.73 Å². The minimum Gasteiger partial charge on any atom is -0.347 e. The van der Waals surface area contributed by atoms with Gasteiger partial charge in [-0.3, -0.25) is 9.59 Å². The predicted octanol–water partition coefficient (Wildman–Crippen LogP) is -0.0920. The smallest absolute Gasteiger partial charge is 0.241 e. The van der Waals surface area contributed by atoms with Gasteiger partial charge in [0.15, 0.2) is 0 Å². The van der Waals surface area contributed by atoms with Crippen LogP contribution >= 0.6 is 0 Å². The van der Waals surface area contributed by atoms with Gasteiger partial charge in [0, 0.05) is 27.1 Å². The lowest BCUT2D eigenvalue weighted by molar-refractivity contribution is -0.139. The molecule has 0 aromatic heterocycles. The number of nitrogens with two attached hydrogens (primary N) is 1. The van der Waals surface area contributed by atoms with Gasteiger partial charge in [0.1, 0.15) is 0 Å². The summed E-state index contributed by atoms with van der Waals surface area (Å²) in [5.74, 6) is 0.0993. The fourth-order valence-electron chi connectivity index (χ4n) is 1.19. The molecule has 0 rings (SSSR count). The summed E-state index contributed by atoms with van der Waals surface area (Å²) in [6.45, 7) is 4.99. The molecule has 16 heavy (non-hydrogen) atoms. The summed E-state index contributed by atoms with van der Waals surface area (Å²) in [5.41, 5.74) is 5.47. The second-order valence-corrected chi connectivity index (χ2v) is 4.24. The fourth-order valence-corrected chi connectivity index (χ4v) is 1.19. The monoisotopic (exact) mass is 229 g/mol. The predicted molar refractivity (Wildman–Crippen MR) is 63.8 cm³/mol. The van der Waals surface area contributed by atoms with Gasteiger partial charge >= 0.3 is 0 Å². The largest absolute Gasteiger partial charge is 0.347 e. The molecule has 0 saturated heterocycles. The van der Waals surface area contributed by atoms with Gasteiger partial charge in [-0.1, -0.05) is 6.92 Å². The van der Waals surface area contributed by atoms with E-state index in [0.717, 1.165) is 0 Å². The van der Waals surface area contributed by atoms with Gasteiger partial charge in [-0.15, -0.1) is 0 Å². The second kappa shape index (κ2) is 7.22. The summed E-state index contributed by atoms with van der Waals surface area (Å²) in [6.07, 6.45) is 0.408. The first-order valence-electron chi connectivity index (χ1n) is 5.60. The Bertz CT molecular complexity index is 241. The van der Waals surface area contributed by atoms with Crippen LogP contribution in [0.2, 0.25) is 0 Å². The Labute approximate surface area is 97.6 Å². The second-order valence-electron chi connectivity index (χ2n) is 4.24. The number of amides is 2. The minimum atomic E-state index is -0.0596. The summed E-state index contributed by atoms with van der Waals surface area (Å²) in [6, 6.07) is 0. The molecule has 1 unspecified atom stereocenters. The molecule has 0 fully saturated rings. The lowest BCUT2D eigenvalue weighted by Gasteiger charge is -2.23. The molecule has 0 aliphatic rings. The van der Waals surface area contributed by atoms with Crippen LogP contribution in [0.3, 0.4) is 0 Å². The Hall–Kier alpha value is -1.10. The molecule has 0 bridgehead atoms. The zero-order valence-electron chi connectivity index (χ0n) is 10.7. The van der Waals surface area contributed by atoms with Crippen molar-refractivity contribution >= 4 is 11.8 Å². The number of hydrogen-bond acceptors (Lipinski definition) is 3. The summed E-state index contributed by atoms with van der Waals surface area (Å²) in [5, 5.41) is 0. The molecule has 0 saturated carbocycles. The maximum Gasteiger partial charge on any atom is 0.241 e. The van der Waals surface area contributed by atoms with E-state index in [-0.39, 0.29) is 24.3 Å². The lowest BCUT2D eigenvalue weighted by atomic mass is 10.1. The molecular formula is C11H23N3O2. The zero-order chi connectivity index (χ0) is 12.7. The highest BCUT2D eigenvalue weighted by Gasteiger charge is 2.18. The van der Waals surface area contributed by atoms with Crippen LogP contribution in [0.4, 0.5) is 0 Å². The summed E-state index contributed by atoms with van der Waals surface area (Å²) < 4.78 is 0. The van der Waals surface area contributed by atoms with E-state index in [1.165, 1.54) is 4.90 Å². The van der Waals surface area contributed by atoms with Crippen LogP contribution in [-0.4, -0.2) is 55.3 Å². The number of carbonyl (C=O) groups excluding carboxylic acids is 2. The Morgan fingerprint density at radius 2 is 1.81 bits per heavy atom. The quantitative estimate of drug-likeness (QED) is 0.692. The highest BCUT2D eigenvalue weighted by atomic mass is 16.2. The number of likely N-dealkylation sites (N-methyl/N-ethyl adjacent to an activating group) is 2. The van der Waals surface area contributed by atoms with Crippen molar-refractivity contribution in [3.8, 4) is 0 Å². The first-order chi connectivity index (χ1) is 7.42. The molecule has 94 valence electrons. The Balaban J connectivity index is 4.27. The molecule has 0 radical (unpaired) electrons. The SMILES string of the molecule is CCN(CC(=O)N(C)C)C(=O)CC(C)CN. The van der Waals surface area contributed by atoms with E-state index >= 15 is 0 Å². The van der Waals surface area contributed by atoms with E-state index in [9.17, 15) is 9.59 Å². The first kappa shape index (κ1) is 14.9. The molecule has 0 aromatic rings. The maximum absolute atomic E-state index is 11.8. The highest BCUT2D eigenvalue weighted by molar-refractivity contribution is 5.84. The standard InChI is InChI=1S/C11H23N3O2/c1-5-14(8-11(16)13(3)4)10(15)6-9(2)7-12/h9H,5-8,12H2,1-4H3. The van der Waals surface area contributed by atoms with Crippen LogP contribution in [0.5, 0.6) is 0 Å². The van der Waals surface area contributed by atoms with Crippen molar-refractivity contribution in [3.05, 3.63) is 0 Å². The first-order valence-corrected chi connectivity index (χ1v) is 5.60. The van der Waals surface area contributed by atoms with Crippen LogP contribution in [0.1, 0.15) is 20.3 Å². The van der Waals surface area contributed by atoms with E-state index in [4.69, 9.17) is 5.73 Å². The van der Waals surface area contributed by atoms with Gasteiger partial charge in [0.2, 0.25) is 11.8 Å². The molecule has 2 N–H and O–H groups in total. The van der Waals surface area contributed by atoms with Gasteiger partial charge in [-0.05, 0) is 19.4 Å². The molecule has 0 aromatic carbocycles. The van der Waals surface area contributed by atoms with Gasteiger partial charge in [0.05, 0.1) is 6.54 Å². The molecule has 2 amide bonds. The van der Waals surface area contributed by atoms with Crippen molar-refractivity contribution in [3.63, 3.8) is 0 Å². The highest BCUT2D eigenvalue weighted by Crippen LogP contribution is 2.04. The van der Waals surface area contributed by atoms with Gasteiger partial charge in [-0.25, -0.2) is 0 Å². The van der Waals surface area contributed by atoms with Crippen molar-refractivity contribution in [2.45, 2.75) is 20.3 Å². The van der Waals surface area contributed by atoms with Gasteiger partial charge in [0.25, 0.3) is 0 Å². The molecule has 0 aliphatic heterocycles. The van der Waals surface area contributed by atoms with Crippen LogP contribution in [0, 0.1) is 5.92 Å². The molecule has 0 aliphatic carbocycles. The fraction of sp³-hybridized carbons (Fsp3) is 0.818. The molecule has 0 heterocycles. The topological polar surface area (TPSA) is 66.6 Å². The van der Waals surface area contributed by atoms with E-state index in [1.807, 2.05) is 13.8 Å². The molecular weight excluding hydrogens is 206 g/mol. The van der Waals surface area contributed by atoms with Crippen molar-refractivity contribution in [2.75, 3.05) is 33.7 Å². The van der Waals surface area contributed by atoms with Gasteiger partial charge < -0.3 is 15.5 Å². The normalized spacial score (nSPS) is 12.1.